The van der Waals surface area contributed by atoms with Crippen molar-refractivity contribution in [2.45, 2.75) is 0 Å². The maximum Gasteiger partial charge on any atom is 0.164 e. The minimum absolute atomic E-state index is 0.583. The molecule has 3 aromatic heterocycles. The van der Waals surface area contributed by atoms with Gasteiger partial charge in [-0.15, -0.1) is 0 Å². The molecule has 0 aliphatic rings. The summed E-state index contributed by atoms with van der Waals surface area (Å²) in [4.78, 5) is 15.3. The summed E-state index contributed by atoms with van der Waals surface area (Å²) in [6, 6.07) is 56.2. The van der Waals surface area contributed by atoms with Gasteiger partial charge >= 0.3 is 0 Å². The number of rotatable bonds is 4. The normalized spacial score (nSPS) is 11.8. The summed E-state index contributed by atoms with van der Waals surface area (Å²) in [7, 11) is 0. The molecule has 52 heavy (non-hydrogen) atoms. The first-order chi connectivity index (χ1) is 25.7. The molecule has 0 spiro atoms. The van der Waals surface area contributed by atoms with Crippen LogP contribution in [0.15, 0.2) is 173 Å². The van der Waals surface area contributed by atoms with Crippen LogP contribution < -0.4 is 0 Å². The highest BCUT2D eigenvalue weighted by molar-refractivity contribution is 6.18. The van der Waals surface area contributed by atoms with Gasteiger partial charge in [0.2, 0.25) is 0 Å². The summed E-state index contributed by atoms with van der Waals surface area (Å²) in [5.41, 5.74) is 8.01. The van der Waals surface area contributed by atoms with Crippen molar-refractivity contribution < 1.29 is 8.83 Å². The predicted molar refractivity (Wildman–Crippen MR) is 211 cm³/mol. The topological polar surface area (TPSA) is 65.0 Å². The Morgan fingerprint density at radius 2 is 0.962 bits per heavy atom. The largest absolute Gasteiger partial charge is 0.455 e. The van der Waals surface area contributed by atoms with Crippen LogP contribution in [0.4, 0.5) is 0 Å². The van der Waals surface area contributed by atoms with Gasteiger partial charge in [-0.3, -0.25) is 0 Å². The Kier molecular flexibility index (Phi) is 6.18. The molecule has 0 atom stereocenters. The molecule has 0 N–H and O–H groups in total. The van der Waals surface area contributed by atoms with E-state index in [1.165, 1.54) is 5.39 Å². The van der Waals surface area contributed by atoms with Gasteiger partial charge in [-0.25, -0.2) is 15.0 Å². The lowest BCUT2D eigenvalue weighted by Gasteiger charge is -2.11. The van der Waals surface area contributed by atoms with E-state index in [-0.39, 0.29) is 0 Å². The maximum absolute atomic E-state index is 6.70. The van der Waals surface area contributed by atoms with Crippen LogP contribution in [0.25, 0.3) is 111 Å². The van der Waals surface area contributed by atoms with Gasteiger partial charge in [0.1, 0.15) is 22.3 Å². The molecule has 3 heterocycles. The first-order valence-corrected chi connectivity index (χ1v) is 17.3. The number of nitrogens with zero attached hydrogens (tertiary/aromatic N) is 3. The maximum atomic E-state index is 6.70. The van der Waals surface area contributed by atoms with Gasteiger partial charge in [0.05, 0.1) is 0 Å². The molecule has 0 saturated heterocycles. The first-order valence-electron chi connectivity index (χ1n) is 17.3. The summed E-state index contributed by atoms with van der Waals surface area (Å²) in [5.74, 6) is 1.81. The van der Waals surface area contributed by atoms with E-state index in [2.05, 4.69) is 115 Å². The van der Waals surface area contributed by atoms with Crippen LogP contribution in [0.5, 0.6) is 0 Å². The molecule has 5 heteroatoms. The monoisotopic (exact) mass is 665 g/mol. The minimum Gasteiger partial charge on any atom is -0.455 e. The van der Waals surface area contributed by atoms with E-state index in [9.17, 15) is 0 Å². The molecule has 0 radical (unpaired) electrons. The summed E-state index contributed by atoms with van der Waals surface area (Å²) in [6.07, 6.45) is 0. The summed E-state index contributed by atoms with van der Waals surface area (Å²) >= 11 is 0. The highest BCUT2D eigenvalue weighted by atomic mass is 16.3. The van der Waals surface area contributed by atoms with Gasteiger partial charge in [0.25, 0.3) is 0 Å². The molecular weight excluding hydrogens is 639 g/mol. The van der Waals surface area contributed by atoms with E-state index in [0.29, 0.717) is 17.5 Å². The molecular formula is C47H27N3O2. The summed E-state index contributed by atoms with van der Waals surface area (Å²) in [5, 5.41) is 8.71. The molecule has 0 unspecified atom stereocenters. The third-order valence-electron chi connectivity index (χ3n) is 10.1. The van der Waals surface area contributed by atoms with Crippen LogP contribution in [-0.4, -0.2) is 15.0 Å². The average Bonchev–Trinajstić information content (AvgIpc) is 3.79. The van der Waals surface area contributed by atoms with E-state index in [1.54, 1.807) is 0 Å². The van der Waals surface area contributed by atoms with E-state index in [4.69, 9.17) is 23.8 Å². The summed E-state index contributed by atoms with van der Waals surface area (Å²) in [6.45, 7) is 0. The second-order valence-electron chi connectivity index (χ2n) is 13.2. The van der Waals surface area contributed by atoms with E-state index in [0.717, 1.165) is 87.9 Å². The number of aromatic nitrogens is 3. The zero-order valence-corrected chi connectivity index (χ0v) is 27.7. The highest BCUT2D eigenvalue weighted by Crippen LogP contribution is 2.43. The van der Waals surface area contributed by atoms with Gasteiger partial charge in [-0.2, -0.15) is 0 Å². The molecule has 0 amide bonds. The van der Waals surface area contributed by atoms with Crippen LogP contribution >= 0.6 is 0 Å². The van der Waals surface area contributed by atoms with Crippen molar-refractivity contribution in [1.29, 1.82) is 0 Å². The van der Waals surface area contributed by atoms with Gasteiger partial charge in [-0.05, 0) is 64.2 Å². The van der Waals surface area contributed by atoms with Gasteiger partial charge in [0, 0.05) is 49.2 Å². The zero-order valence-electron chi connectivity index (χ0n) is 27.7. The van der Waals surface area contributed by atoms with Crippen LogP contribution in [0.1, 0.15) is 0 Å². The van der Waals surface area contributed by atoms with Crippen molar-refractivity contribution in [3.63, 3.8) is 0 Å². The average molecular weight is 666 g/mol. The van der Waals surface area contributed by atoms with Crippen molar-refractivity contribution in [3.8, 4) is 45.3 Å². The van der Waals surface area contributed by atoms with Crippen molar-refractivity contribution in [2.75, 3.05) is 0 Å². The minimum atomic E-state index is 0.583. The Morgan fingerprint density at radius 3 is 1.85 bits per heavy atom. The Morgan fingerprint density at radius 1 is 0.327 bits per heavy atom. The molecule has 11 rings (SSSR count). The Hall–Kier alpha value is -7.11. The Bertz CT molecular complexity index is 3190. The van der Waals surface area contributed by atoms with E-state index < -0.39 is 0 Å². The third kappa shape index (κ3) is 4.46. The number of hydrogen-bond acceptors (Lipinski definition) is 5. The molecule has 0 bridgehead atoms. The molecule has 5 nitrogen and oxygen atoms in total. The molecule has 0 saturated carbocycles. The van der Waals surface area contributed by atoms with Gasteiger partial charge in [-0.1, -0.05) is 121 Å². The highest BCUT2D eigenvalue weighted by Gasteiger charge is 2.21. The number of hydrogen-bond donors (Lipinski definition) is 0. The van der Waals surface area contributed by atoms with Gasteiger partial charge in [0.15, 0.2) is 17.5 Å². The molecule has 11 aromatic rings. The standard InChI is InChI=1S/C47H27N3O2/c1-2-12-30(13-3-1)45-48-46(33-19-18-28-10-4-5-14-31(28)26-33)50-47(49-45)39-25-24-35(44-42(39)38-16-8-9-17-40(38)51-44)32-21-22-36-37-23-20-29-11-6-7-15-34(29)43(37)52-41(36)27-32/h1-27H. The lowest BCUT2D eigenvalue weighted by atomic mass is 9.97. The number of fused-ring (bicyclic) bond motifs is 9. The molecule has 8 aromatic carbocycles. The van der Waals surface area contributed by atoms with Crippen molar-refractivity contribution in [3.05, 3.63) is 164 Å². The third-order valence-corrected chi connectivity index (χ3v) is 10.1. The van der Waals surface area contributed by atoms with Crippen molar-refractivity contribution in [1.82, 2.24) is 15.0 Å². The van der Waals surface area contributed by atoms with Crippen molar-refractivity contribution in [2.24, 2.45) is 0 Å². The number of benzene rings is 8. The van der Waals surface area contributed by atoms with Crippen LogP contribution in [0.2, 0.25) is 0 Å². The predicted octanol–water partition coefficient (Wildman–Crippen LogP) is 12.6. The fraction of sp³-hybridized carbons (Fsp3) is 0. The Labute approximate surface area is 297 Å². The number of para-hydroxylation sites is 1. The molecule has 0 fully saturated rings. The lowest BCUT2D eigenvalue weighted by molar-refractivity contribution is 0.669. The first kappa shape index (κ1) is 28.7. The smallest absolute Gasteiger partial charge is 0.164 e. The second-order valence-corrected chi connectivity index (χ2v) is 13.2. The van der Waals surface area contributed by atoms with E-state index >= 15 is 0 Å². The van der Waals surface area contributed by atoms with Crippen LogP contribution in [0, 0.1) is 0 Å². The van der Waals surface area contributed by atoms with E-state index in [1.807, 2.05) is 48.5 Å². The quantitative estimate of drug-likeness (QED) is 0.187. The summed E-state index contributed by atoms with van der Waals surface area (Å²) < 4.78 is 13.3. The van der Waals surface area contributed by atoms with Crippen LogP contribution in [0.3, 0.4) is 0 Å². The fourth-order valence-corrected chi connectivity index (χ4v) is 7.58. The molecule has 242 valence electrons. The molecule has 0 aliphatic carbocycles. The SMILES string of the molecule is c1ccc(-c2nc(-c3ccc4ccccc4c3)nc(-c3ccc(-c4ccc5c(c4)oc4c6ccccc6ccc54)c4oc5ccccc5c34)n2)cc1. The Balaban J connectivity index is 1.14. The fourth-order valence-electron chi connectivity index (χ4n) is 7.58. The second kappa shape index (κ2) is 11.2. The lowest BCUT2D eigenvalue weighted by Crippen LogP contribution is -2.00. The number of furan rings is 2. The molecule has 0 aliphatic heterocycles. The zero-order chi connectivity index (χ0) is 34.2. The van der Waals surface area contributed by atoms with Crippen molar-refractivity contribution >= 4 is 65.4 Å². The van der Waals surface area contributed by atoms with Crippen LogP contribution in [-0.2, 0) is 0 Å². The van der Waals surface area contributed by atoms with Gasteiger partial charge < -0.3 is 8.83 Å².